The van der Waals surface area contributed by atoms with Gasteiger partial charge in [0.05, 0.1) is 6.61 Å². The molecule has 0 bridgehead atoms. The van der Waals surface area contributed by atoms with Crippen LogP contribution < -0.4 is 5.73 Å². The molecule has 0 radical (unpaired) electrons. The Morgan fingerprint density at radius 1 is 1.25 bits per heavy atom. The lowest BCUT2D eigenvalue weighted by Crippen LogP contribution is -2.05. The topological polar surface area (TPSA) is 55.5 Å². The van der Waals surface area contributed by atoms with Gasteiger partial charge in [-0.05, 0) is 24.9 Å². The average Bonchev–Trinajstić information content (AvgIpc) is 2.34. The Morgan fingerprint density at radius 3 is 2.62 bits per heavy atom. The lowest BCUT2D eigenvalue weighted by atomic mass is 9.96. The molecule has 1 unspecified atom stereocenters. The second-order valence-corrected chi connectivity index (χ2v) is 3.69. The van der Waals surface area contributed by atoms with E-state index >= 15 is 0 Å². The smallest absolute Gasteiger partial charge is 0.0891 e. The van der Waals surface area contributed by atoms with E-state index in [-0.39, 0.29) is 5.92 Å². The van der Waals surface area contributed by atoms with Crippen LogP contribution in [-0.4, -0.2) is 18.4 Å². The SMILES string of the molecule is NCCC=CCC(COO)c1ccccc1. The Morgan fingerprint density at radius 2 is 2.00 bits per heavy atom. The number of hydrogen-bond donors (Lipinski definition) is 2. The van der Waals surface area contributed by atoms with Crippen molar-refractivity contribution in [3.63, 3.8) is 0 Å². The van der Waals surface area contributed by atoms with Crippen LogP contribution in [0.2, 0.25) is 0 Å². The summed E-state index contributed by atoms with van der Waals surface area (Å²) in [5.74, 6) is 0.195. The van der Waals surface area contributed by atoms with Gasteiger partial charge in [-0.3, -0.25) is 5.26 Å². The molecule has 0 saturated heterocycles. The Hall–Kier alpha value is -1.16. The number of allylic oxidation sites excluding steroid dienone is 1. The van der Waals surface area contributed by atoms with Crippen LogP contribution in [0.25, 0.3) is 0 Å². The van der Waals surface area contributed by atoms with E-state index in [1.807, 2.05) is 30.3 Å². The summed E-state index contributed by atoms with van der Waals surface area (Å²) in [4.78, 5) is 4.26. The molecule has 0 spiro atoms. The summed E-state index contributed by atoms with van der Waals surface area (Å²) in [5, 5.41) is 8.56. The van der Waals surface area contributed by atoms with Crippen molar-refractivity contribution in [2.75, 3.05) is 13.2 Å². The van der Waals surface area contributed by atoms with Gasteiger partial charge in [0.1, 0.15) is 0 Å². The normalized spacial score (nSPS) is 13.1. The summed E-state index contributed by atoms with van der Waals surface area (Å²) in [5.41, 5.74) is 6.57. The van der Waals surface area contributed by atoms with E-state index in [0.29, 0.717) is 13.2 Å². The van der Waals surface area contributed by atoms with E-state index in [0.717, 1.165) is 12.8 Å². The number of rotatable bonds is 7. The molecule has 1 rings (SSSR count). The van der Waals surface area contributed by atoms with Crippen molar-refractivity contribution in [1.82, 2.24) is 0 Å². The number of benzene rings is 1. The van der Waals surface area contributed by atoms with Crippen molar-refractivity contribution in [2.24, 2.45) is 5.73 Å². The lowest BCUT2D eigenvalue weighted by molar-refractivity contribution is -0.245. The van der Waals surface area contributed by atoms with E-state index in [9.17, 15) is 0 Å². The molecule has 0 aliphatic rings. The zero-order chi connectivity index (χ0) is 11.6. The van der Waals surface area contributed by atoms with Gasteiger partial charge in [-0.1, -0.05) is 42.5 Å². The van der Waals surface area contributed by atoms with Gasteiger partial charge in [-0.25, -0.2) is 4.89 Å². The molecule has 1 atom stereocenters. The van der Waals surface area contributed by atoms with Crippen molar-refractivity contribution < 1.29 is 10.1 Å². The van der Waals surface area contributed by atoms with Gasteiger partial charge in [-0.15, -0.1) is 0 Å². The molecule has 0 heterocycles. The highest BCUT2D eigenvalue weighted by atomic mass is 17.1. The summed E-state index contributed by atoms with van der Waals surface area (Å²) < 4.78 is 0. The quantitative estimate of drug-likeness (QED) is 0.422. The molecule has 3 N–H and O–H groups in total. The van der Waals surface area contributed by atoms with Crippen LogP contribution in [0.4, 0.5) is 0 Å². The predicted octanol–water partition coefficient (Wildman–Crippen LogP) is 2.55. The van der Waals surface area contributed by atoms with E-state index < -0.39 is 0 Å². The molecule has 0 saturated carbocycles. The first-order chi connectivity index (χ1) is 7.88. The first kappa shape index (κ1) is 12.9. The molecule has 3 heteroatoms. The van der Waals surface area contributed by atoms with Gasteiger partial charge in [0.25, 0.3) is 0 Å². The third-order valence-corrected chi connectivity index (χ3v) is 2.47. The van der Waals surface area contributed by atoms with Crippen molar-refractivity contribution >= 4 is 0 Å². The second kappa shape index (κ2) is 8.05. The standard InChI is InChI=1S/C13H19NO2/c14-10-6-2-5-9-13(11-16-15)12-7-3-1-4-8-12/h1-5,7-8,13,15H,6,9-11,14H2. The number of hydrogen-bond acceptors (Lipinski definition) is 3. The molecule has 0 fully saturated rings. The fraction of sp³-hybridized carbons (Fsp3) is 0.385. The Bertz CT molecular complexity index is 298. The maximum Gasteiger partial charge on any atom is 0.0891 e. The van der Waals surface area contributed by atoms with Gasteiger partial charge >= 0.3 is 0 Å². The largest absolute Gasteiger partial charge is 0.330 e. The monoisotopic (exact) mass is 221 g/mol. The van der Waals surface area contributed by atoms with Crippen LogP contribution >= 0.6 is 0 Å². The molecule has 88 valence electrons. The molecule has 16 heavy (non-hydrogen) atoms. The van der Waals surface area contributed by atoms with E-state index in [2.05, 4.69) is 17.0 Å². The third kappa shape index (κ3) is 4.57. The van der Waals surface area contributed by atoms with Gasteiger partial charge in [0.2, 0.25) is 0 Å². The molecular weight excluding hydrogens is 202 g/mol. The molecule has 3 nitrogen and oxygen atoms in total. The van der Waals surface area contributed by atoms with Gasteiger partial charge < -0.3 is 5.73 Å². The minimum Gasteiger partial charge on any atom is -0.330 e. The molecule has 1 aromatic rings. The Kier molecular flexibility index (Phi) is 6.49. The van der Waals surface area contributed by atoms with Gasteiger partial charge in [0, 0.05) is 5.92 Å². The van der Waals surface area contributed by atoms with Crippen LogP contribution in [0, 0.1) is 0 Å². The van der Waals surface area contributed by atoms with Crippen LogP contribution in [-0.2, 0) is 4.89 Å². The van der Waals surface area contributed by atoms with Crippen molar-refractivity contribution in [2.45, 2.75) is 18.8 Å². The van der Waals surface area contributed by atoms with Crippen LogP contribution in [0.5, 0.6) is 0 Å². The van der Waals surface area contributed by atoms with Gasteiger partial charge in [-0.2, -0.15) is 0 Å². The zero-order valence-electron chi connectivity index (χ0n) is 9.38. The Labute approximate surface area is 96.5 Å². The van der Waals surface area contributed by atoms with Crippen molar-refractivity contribution in [1.29, 1.82) is 0 Å². The molecular formula is C13H19NO2. The van der Waals surface area contributed by atoms with E-state index in [1.165, 1.54) is 5.56 Å². The van der Waals surface area contributed by atoms with Crippen LogP contribution in [0.15, 0.2) is 42.5 Å². The van der Waals surface area contributed by atoms with E-state index in [4.69, 9.17) is 11.0 Å². The van der Waals surface area contributed by atoms with Crippen molar-refractivity contribution in [3.8, 4) is 0 Å². The summed E-state index contributed by atoms with van der Waals surface area (Å²) in [7, 11) is 0. The average molecular weight is 221 g/mol. The first-order valence-electron chi connectivity index (χ1n) is 5.55. The van der Waals surface area contributed by atoms with E-state index in [1.54, 1.807) is 0 Å². The molecule has 0 amide bonds. The fourth-order valence-electron chi connectivity index (χ4n) is 1.59. The van der Waals surface area contributed by atoms with Crippen LogP contribution in [0.1, 0.15) is 24.3 Å². The third-order valence-electron chi connectivity index (χ3n) is 2.47. The Balaban J connectivity index is 2.54. The molecule has 1 aromatic carbocycles. The molecule has 0 aliphatic carbocycles. The second-order valence-electron chi connectivity index (χ2n) is 3.69. The first-order valence-corrected chi connectivity index (χ1v) is 5.55. The summed E-state index contributed by atoms with van der Waals surface area (Å²) in [6, 6.07) is 10.0. The maximum atomic E-state index is 8.56. The highest BCUT2D eigenvalue weighted by molar-refractivity contribution is 5.20. The summed E-state index contributed by atoms with van der Waals surface area (Å²) in [6.07, 6.45) is 5.89. The molecule has 0 aliphatic heterocycles. The minimum absolute atomic E-state index is 0.195. The highest BCUT2D eigenvalue weighted by Crippen LogP contribution is 2.20. The fourth-order valence-corrected chi connectivity index (χ4v) is 1.59. The van der Waals surface area contributed by atoms with Gasteiger partial charge in [0.15, 0.2) is 0 Å². The number of nitrogens with two attached hydrogens (primary N) is 1. The molecule has 0 aromatic heterocycles. The summed E-state index contributed by atoms with van der Waals surface area (Å²) >= 11 is 0. The van der Waals surface area contributed by atoms with Crippen LogP contribution in [0.3, 0.4) is 0 Å². The van der Waals surface area contributed by atoms with Crippen molar-refractivity contribution in [3.05, 3.63) is 48.0 Å². The lowest BCUT2D eigenvalue weighted by Gasteiger charge is -2.13. The zero-order valence-corrected chi connectivity index (χ0v) is 9.38. The minimum atomic E-state index is 0.195. The predicted molar refractivity (Wildman–Crippen MR) is 65.2 cm³/mol. The highest BCUT2D eigenvalue weighted by Gasteiger charge is 2.09. The maximum absolute atomic E-state index is 8.56. The summed E-state index contributed by atoms with van der Waals surface area (Å²) in [6.45, 7) is 0.986.